The molecule has 0 unspecified atom stereocenters. The van der Waals surface area contributed by atoms with Crippen LogP contribution in [0.3, 0.4) is 0 Å². The van der Waals surface area contributed by atoms with Crippen LogP contribution in [0.1, 0.15) is 20.3 Å². The molecule has 0 saturated heterocycles. The fourth-order valence-corrected chi connectivity index (χ4v) is 2.55. The van der Waals surface area contributed by atoms with E-state index in [1.54, 1.807) is 5.20 Å². The van der Waals surface area contributed by atoms with Gasteiger partial charge in [0, 0.05) is 25.8 Å². The summed E-state index contributed by atoms with van der Waals surface area (Å²) in [5, 5.41) is 1.66. The zero-order valence-electron chi connectivity index (χ0n) is 10.2. The van der Waals surface area contributed by atoms with Crippen LogP contribution in [0.15, 0.2) is 16.8 Å². The van der Waals surface area contributed by atoms with Crippen molar-refractivity contribution < 1.29 is 25.8 Å². The normalized spacial score (nSPS) is 14.5. The van der Waals surface area contributed by atoms with E-state index in [0.29, 0.717) is 5.92 Å². The summed E-state index contributed by atoms with van der Waals surface area (Å²) in [6, 6.07) is 0. The molecule has 0 heterocycles. The van der Waals surface area contributed by atoms with E-state index in [1.165, 1.54) is 5.57 Å². The molecule has 0 amide bonds. The SMILES string of the molecule is CC(C)C1=[C-]CC([Si](C)(C)C)=C1.Cl.Cl.[Hf]. The van der Waals surface area contributed by atoms with Crippen LogP contribution < -0.4 is 0 Å². The molecule has 0 saturated carbocycles. The molecule has 0 aromatic heterocycles. The molecule has 0 spiro atoms. The Hall–Kier alpha value is 1.15. The third-order valence-corrected chi connectivity index (χ3v) is 4.65. The molecule has 15 heavy (non-hydrogen) atoms. The van der Waals surface area contributed by atoms with Gasteiger partial charge in [-0.05, 0) is 0 Å². The summed E-state index contributed by atoms with van der Waals surface area (Å²) in [7, 11) is -1.03. The van der Waals surface area contributed by atoms with Gasteiger partial charge < -0.3 is 0 Å². The van der Waals surface area contributed by atoms with Gasteiger partial charge in [-0.3, -0.25) is 6.08 Å². The number of hydrogen-bond donors (Lipinski definition) is 0. The predicted octanol–water partition coefficient (Wildman–Crippen LogP) is 4.42. The van der Waals surface area contributed by atoms with Crippen molar-refractivity contribution in [3.63, 3.8) is 0 Å². The first kappa shape index (κ1) is 21.4. The van der Waals surface area contributed by atoms with Crippen molar-refractivity contribution in [3.05, 3.63) is 22.9 Å². The topological polar surface area (TPSA) is 0 Å². The molecular formula is C11H21Cl2HfSi-. The van der Waals surface area contributed by atoms with Crippen molar-refractivity contribution >= 4 is 32.9 Å². The van der Waals surface area contributed by atoms with Crippen LogP contribution in [0.25, 0.3) is 0 Å². The van der Waals surface area contributed by atoms with E-state index in [9.17, 15) is 0 Å². The summed E-state index contributed by atoms with van der Waals surface area (Å²) in [6.45, 7) is 11.7. The van der Waals surface area contributed by atoms with Crippen LogP contribution in [0.2, 0.25) is 19.6 Å². The number of rotatable bonds is 2. The second-order valence-corrected chi connectivity index (χ2v) is 10.0. The van der Waals surface area contributed by atoms with Crippen LogP contribution in [-0.2, 0) is 25.8 Å². The Kier molecular flexibility index (Phi) is 11.8. The predicted molar refractivity (Wildman–Crippen MR) is 72.1 cm³/mol. The molecule has 0 radical (unpaired) electrons. The molecule has 0 N–H and O–H groups in total. The molecule has 0 nitrogen and oxygen atoms in total. The number of allylic oxidation sites excluding steroid dienone is 4. The van der Waals surface area contributed by atoms with Gasteiger partial charge in [0.25, 0.3) is 0 Å². The number of halogens is 2. The zero-order chi connectivity index (χ0) is 9.35. The Bertz CT molecular complexity index is 239. The van der Waals surface area contributed by atoms with E-state index in [0.717, 1.165) is 6.42 Å². The van der Waals surface area contributed by atoms with E-state index < -0.39 is 8.07 Å². The summed E-state index contributed by atoms with van der Waals surface area (Å²) in [5.41, 5.74) is 1.42. The van der Waals surface area contributed by atoms with E-state index in [1.807, 2.05) is 0 Å². The molecule has 0 aromatic rings. The van der Waals surface area contributed by atoms with Crippen molar-refractivity contribution in [1.29, 1.82) is 0 Å². The van der Waals surface area contributed by atoms with Crippen molar-refractivity contribution in [2.45, 2.75) is 39.9 Å². The molecule has 0 atom stereocenters. The third kappa shape index (κ3) is 6.45. The van der Waals surface area contributed by atoms with Gasteiger partial charge in [0.1, 0.15) is 0 Å². The van der Waals surface area contributed by atoms with Gasteiger partial charge >= 0.3 is 0 Å². The van der Waals surface area contributed by atoms with E-state index in [2.05, 4.69) is 45.6 Å². The fourth-order valence-electron chi connectivity index (χ4n) is 1.34. The molecule has 4 heteroatoms. The van der Waals surface area contributed by atoms with Crippen molar-refractivity contribution in [1.82, 2.24) is 0 Å². The van der Waals surface area contributed by atoms with Crippen LogP contribution in [-0.4, -0.2) is 8.07 Å². The summed E-state index contributed by atoms with van der Waals surface area (Å²) < 4.78 is 0. The van der Waals surface area contributed by atoms with Gasteiger partial charge in [-0.25, -0.2) is 11.6 Å². The maximum Gasteiger partial charge on any atom is 0.0526 e. The Morgan fingerprint density at radius 3 is 1.87 bits per heavy atom. The first-order chi connectivity index (χ1) is 5.41. The van der Waals surface area contributed by atoms with Gasteiger partial charge in [0.2, 0.25) is 0 Å². The van der Waals surface area contributed by atoms with Crippen molar-refractivity contribution in [2.75, 3.05) is 0 Å². The molecule has 0 fully saturated rings. The summed E-state index contributed by atoms with van der Waals surface area (Å²) in [5.74, 6) is 0.652. The first-order valence-electron chi connectivity index (χ1n) is 4.73. The Labute approximate surface area is 127 Å². The van der Waals surface area contributed by atoms with Gasteiger partial charge in [0.15, 0.2) is 0 Å². The van der Waals surface area contributed by atoms with E-state index in [4.69, 9.17) is 0 Å². The zero-order valence-corrected chi connectivity index (χ0v) is 16.4. The molecule has 1 aliphatic rings. The van der Waals surface area contributed by atoms with Crippen molar-refractivity contribution in [3.8, 4) is 0 Å². The Morgan fingerprint density at radius 2 is 1.67 bits per heavy atom. The average Bonchev–Trinajstić information content (AvgIpc) is 2.30. The minimum atomic E-state index is -1.03. The standard InChI is InChI=1S/C11H19Si.2ClH.Hf/c1-9(2)10-6-7-11(8-10)12(3,4)5;;;/h8-9H,7H2,1-5H3;2*1H;/q-1;;;. The maximum absolute atomic E-state index is 3.47. The van der Waals surface area contributed by atoms with Crippen LogP contribution in [0.5, 0.6) is 0 Å². The minimum Gasteiger partial charge on any atom is -0.269 e. The molecule has 0 bridgehead atoms. The smallest absolute Gasteiger partial charge is 0.0526 e. The quantitative estimate of drug-likeness (QED) is 0.449. The summed E-state index contributed by atoms with van der Waals surface area (Å²) in [4.78, 5) is 0. The molecule has 0 aliphatic heterocycles. The average molecular weight is 431 g/mol. The second-order valence-electron chi connectivity index (χ2n) is 4.88. The molecule has 1 aliphatic carbocycles. The molecular weight excluding hydrogens is 410 g/mol. The van der Waals surface area contributed by atoms with Crippen molar-refractivity contribution in [2.24, 2.45) is 5.92 Å². The second kappa shape index (κ2) is 8.27. The van der Waals surface area contributed by atoms with E-state index in [-0.39, 0.29) is 50.7 Å². The minimum absolute atomic E-state index is 0. The third-order valence-electron chi connectivity index (χ3n) is 2.40. The monoisotopic (exact) mass is 431 g/mol. The van der Waals surface area contributed by atoms with Crippen LogP contribution in [0.4, 0.5) is 0 Å². The summed E-state index contributed by atoms with van der Waals surface area (Å²) >= 11 is 0. The maximum atomic E-state index is 3.47. The van der Waals surface area contributed by atoms with E-state index >= 15 is 0 Å². The summed E-state index contributed by atoms with van der Waals surface area (Å²) in [6.07, 6.45) is 6.96. The van der Waals surface area contributed by atoms with Crippen LogP contribution in [0, 0.1) is 12.0 Å². The number of hydrogen-bond acceptors (Lipinski definition) is 0. The van der Waals surface area contributed by atoms with Gasteiger partial charge in [0.05, 0.1) is 8.07 Å². The van der Waals surface area contributed by atoms with Gasteiger partial charge in [-0.1, -0.05) is 39.4 Å². The molecule has 1 rings (SSSR count). The Balaban J connectivity index is -0.000000480. The molecule has 88 valence electrons. The fraction of sp³-hybridized carbons (Fsp3) is 0.636. The Morgan fingerprint density at radius 1 is 1.20 bits per heavy atom. The van der Waals surface area contributed by atoms with Gasteiger partial charge in [-0.15, -0.1) is 31.2 Å². The molecule has 0 aromatic carbocycles. The van der Waals surface area contributed by atoms with Crippen LogP contribution >= 0.6 is 24.8 Å². The first-order valence-corrected chi connectivity index (χ1v) is 8.23. The van der Waals surface area contributed by atoms with Gasteiger partial charge in [-0.2, -0.15) is 5.20 Å². The largest absolute Gasteiger partial charge is 0.269 e.